The average molecular weight is 218 g/mol. The molecule has 0 unspecified atom stereocenters. The summed E-state index contributed by atoms with van der Waals surface area (Å²) in [5, 5.41) is 5.90. The van der Waals surface area contributed by atoms with Crippen molar-refractivity contribution in [2.24, 2.45) is 0 Å². The van der Waals surface area contributed by atoms with Gasteiger partial charge in [-0.3, -0.25) is 4.79 Å². The van der Waals surface area contributed by atoms with E-state index >= 15 is 0 Å². The summed E-state index contributed by atoms with van der Waals surface area (Å²) in [4.78, 5) is 11.0. The van der Waals surface area contributed by atoms with Gasteiger partial charge in [0.15, 0.2) is 5.75 Å². The van der Waals surface area contributed by atoms with Gasteiger partial charge in [0.25, 0.3) is 5.56 Å². The van der Waals surface area contributed by atoms with Gasteiger partial charge in [-0.2, -0.15) is 5.10 Å². The second-order valence-corrected chi connectivity index (χ2v) is 3.06. The Morgan fingerprint density at radius 2 is 1.81 bits per heavy atom. The minimum Gasteiger partial charge on any atom is -0.497 e. The Balaban J connectivity index is 2.17. The van der Waals surface area contributed by atoms with Gasteiger partial charge in [0.1, 0.15) is 11.5 Å². The summed E-state index contributed by atoms with van der Waals surface area (Å²) in [6, 6.07) is 8.38. The van der Waals surface area contributed by atoms with Gasteiger partial charge in [-0.05, 0) is 24.3 Å². The van der Waals surface area contributed by atoms with E-state index in [1.165, 1.54) is 12.3 Å². The molecule has 0 bridgehead atoms. The maximum Gasteiger partial charge on any atom is 0.267 e. The Morgan fingerprint density at radius 1 is 1.12 bits per heavy atom. The average Bonchev–Trinajstić information content (AvgIpc) is 2.30. The first kappa shape index (κ1) is 10.2. The minimum atomic E-state index is -0.300. The van der Waals surface area contributed by atoms with Gasteiger partial charge in [-0.1, -0.05) is 0 Å². The van der Waals surface area contributed by atoms with Gasteiger partial charge in [0.2, 0.25) is 0 Å². The molecule has 2 rings (SSSR count). The fourth-order valence-corrected chi connectivity index (χ4v) is 1.19. The standard InChI is InChI=1S/C11H10N2O3/c1-15-8-2-4-9(5-3-8)16-10-6-11(14)13-12-7-10/h2-7H,1H3,(H,13,14). The molecule has 1 aromatic heterocycles. The first-order chi connectivity index (χ1) is 7.78. The molecule has 0 aliphatic heterocycles. The van der Waals surface area contributed by atoms with Crippen LogP contribution in [0, 0.1) is 0 Å². The Bertz CT molecular complexity index is 519. The summed E-state index contributed by atoms with van der Waals surface area (Å²) in [6.45, 7) is 0. The number of nitrogens with one attached hydrogen (secondary N) is 1. The molecule has 0 radical (unpaired) electrons. The van der Waals surface area contributed by atoms with E-state index in [2.05, 4.69) is 10.2 Å². The molecule has 0 aliphatic rings. The molecule has 5 nitrogen and oxygen atoms in total. The number of aromatic amines is 1. The molecule has 1 N–H and O–H groups in total. The lowest BCUT2D eigenvalue weighted by molar-refractivity contribution is 0.412. The van der Waals surface area contributed by atoms with Gasteiger partial charge in [-0.25, -0.2) is 5.10 Å². The van der Waals surface area contributed by atoms with Crippen molar-refractivity contribution >= 4 is 0 Å². The molecule has 1 aromatic carbocycles. The van der Waals surface area contributed by atoms with Crippen molar-refractivity contribution in [3.05, 3.63) is 46.9 Å². The highest BCUT2D eigenvalue weighted by molar-refractivity contribution is 5.34. The summed E-state index contributed by atoms with van der Waals surface area (Å²) in [5.41, 5.74) is -0.300. The maximum atomic E-state index is 11.0. The molecule has 82 valence electrons. The van der Waals surface area contributed by atoms with Crippen LogP contribution >= 0.6 is 0 Å². The Labute approximate surface area is 91.6 Å². The predicted octanol–water partition coefficient (Wildman–Crippen LogP) is 1.57. The van der Waals surface area contributed by atoms with Crippen LogP contribution in [0.25, 0.3) is 0 Å². The first-order valence-corrected chi connectivity index (χ1v) is 4.64. The molecule has 1 heterocycles. The molecular weight excluding hydrogens is 208 g/mol. The zero-order valence-electron chi connectivity index (χ0n) is 8.64. The summed E-state index contributed by atoms with van der Waals surface area (Å²) < 4.78 is 10.4. The Morgan fingerprint density at radius 3 is 2.44 bits per heavy atom. The smallest absolute Gasteiger partial charge is 0.267 e. The van der Waals surface area contributed by atoms with E-state index in [-0.39, 0.29) is 5.56 Å². The molecule has 0 spiro atoms. The Kier molecular flexibility index (Phi) is 2.86. The number of rotatable bonds is 3. The summed E-state index contributed by atoms with van der Waals surface area (Å²) in [7, 11) is 1.59. The van der Waals surface area contributed by atoms with Crippen LogP contribution in [0.3, 0.4) is 0 Å². The van der Waals surface area contributed by atoms with Crippen LogP contribution in [0.4, 0.5) is 0 Å². The van der Waals surface area contributed by atoms with E-state index in [1.54, 1.807) is 31.4 Å². The van der Waals surface area contributed by atoms with Gasteiger partial charge in [0.05, 0.1) is 13.3 Å². The number of methoxy groups -OCH3 is 1. The van der Waals surface area contributed by atoms with Crippen LogP contribution in [-0.4, -0.2) is 17.3 Å². The van der Waals surface area contributed by atoms with E-state index < -0.39 is 0 Å². The summed E-state index contributed by atoms with van der Waals surface area (Å²) >= 11 is 0. The van der Waals surface area contributed by atoms with Crippen molar-refractivity contribution in [2.75, 3.05) is 7.11 Å². The zero-order valence-corrected chi connectivity index (χ0v) is 8.64. The number of hydrogen-bond donors (Lipinski definition) is 1. The van der Waals surface area contributed by atoms with E-state index in [0.717, 1.165) is 5.75 Å². The van der Waals surface area contributed by atoms with Crippen molar-refractivity contribution in [1.82, 2.24) is 10.2 Å². The van der Waals surface area contributed by atoms with Crippen LogP contribution in [0.5, 0.6) is 17.2 Å². The van der Waals surface area contributed by atoms with Crippen molar-refractivity contribution in [2.45, 2.75) is 0 Å². The molecule has 0 saturated heterocycles. The molecule has 0 atom stereocenters. The molecule has 0 amide bonds. The minimum absolute atomic E-state index is 0.300. The number of benzene rings is 1. The number of hydrogen-bond acceptors (Lipinski definition) is 4. The predicted molar refractivity (Wildman–Crippen MR) is 57.9 cm³/mol. The molecule has 0 saturated carbocycles. The number of aromatic nitrogens is 2. The fraction of sp³-hybridized carbons (Fsp3) is 0.0909. The van der Waals surface area contributed by atoms with E-state index in [1.807, 2.05) is 0 Å². The van der Waals surface area contributed by atoms with E-state index in [4.69, 9.17) is 9.47 Å². The van der Waals surface area contributed by atoms with Gasteiger partial charge >= 0.3 is 0 Å². The molecule has 16 heavy (non-hydrogen) atoms. The van der Waals surface area contributed by atoms with Crippen molar-refractivity contribution in [3.63, 3.8) is 0 Å². The van der Waals surface area contributed by atoms with Gasteiger partial charge in [-0.15, -0.1) is 0 Å². The summed E-state index contributed by atoms with van der Waals surface area (Å²) in [6.07, 6.45) is 1.44. The molecular formula is C11H10N2O3. The van der Waals surface area contributed by atoms with E-state index in [9.17, 15) is 4.79 Å². The Hall–Kier alpha value is -2.30. The number of H-pyrrole nitrogens is 1. The van der Waals surface area contributed by atoms with Crippen LogP contribution in [0.15, 0.2) is 41.3 Å². The second-order valence-electron chi connectivity index (χ2n) is 3.06. The first-order valence-electron chi connectivity index (χ1n) is 4.64. The summed E-state index contributed by atoms with van der Waals surface area (Å²) in [5.74, 6) is 1.76. The monoisotopic (exact) mass is 218 g/mol. The van der Waals surface area contributed by atoms with Crippen molar-refractivity contribution in [1.29, 1.82) is 0 Å². The maximum absolute atomic E-state index is 11.0. The fourth-order valence-electron chi connectivity index (χ4n) is 1.19. The zero-order chi connectivity index (χ0) is 11.4. The highest BCUT2D eigenvalue weighted by Gasteiger charge is 1.98. The highest BCUT2D eigenvalue weighted by Crippen LogP contribution is 2.21. The lowest BCUT2D eigenvalue weighted by Crippen LogP contribution is -2.05. The quantitative estimate of drug-likeness (QED) is 0.849. The second kappa shape index (κ2) is 4.48. The van der Waals surface area contributed by atoms with Crippen molar-refractivity contribution in [3.8, 4) is 17.2 Å². The largest absolute Gasteiger partial charge is 0.497 e. The molecule has 5 heteroatoms. The van der Waals surface area contributed by atoms with Crippen molar-refractivity contribution < 1.29 is 9.47 Å². The third-order valence-electron chi connectivity index (χ3n) is 1.94. The normalized spacial score (nSPS) is 9.81. The number of nitrogens with zero attached hydrogens (tertiary/aromatic N) is 1. The topological polar surface area (TPSA) is 64.2 Å². The lowest BCUT2D eigenvalue weighted by atomic mass is 10.3. The van der Waals surface area contributed by atoms with Crippen LogP contribution in [0.1, 0.15) is 0 Å². The van der Waals surface area contributed by atoms with E-state index in [0.29, 0.717) is 11.5 Å². The third-order valence-corrected chi connectivity index (χ3v) is 1.94. The molecule has 0 fully saturated rings. The lowest BCUT2D eigenvalue weighted by Gasteiger charge is -2.05. The third kappa shape index (κ3) is 2.38. The van der Waals surface area contributed by atoms with Gasteiger partial charge < -0.3 is 9.47 Å². The SMILES string of the molecule is COc1ccc(Oc2cn[nH]c(=O)c2)cc1. The molecule has 0 aliphatic carbocycles. The van der Waals surface area contributed by atoms with Crippen LogP contribution in [-0.2, 0) is 0 Å². The van der Waals surface area contributed by atoms with Gasteiger partial charge in [0, 0.05) is 6.07 Å². The molecule has 2 aromatic rings. The van der Waals surface area contributed by atoms with Crippen LogP contribution < -0.4 is 15.0 Å². The highest BCUT2D eigenvalue weighted by atomic mass is 16.5. The van der Waals surface area contributed by atoms with Crippen LogP contribution in [0.2, 0.25) is 0 Å². The number of ether oxygens (including phenoxy) is 2.